The summed E-state index contributed by atoms with van der Waals surface area (Å²) in [6.07, 6.45) is 0. The molecular weight excluding hydrogens is 1330 g/mol. The third-order valence-corrected chi connectivity index (χ3v) is 23.7. The van der Waals surface area contributed by atoms with Crippen LogP contribution in [-0.4, -0.2) is 0 Å². The van der Waals surface area contributed by atoms with Gasteiger partial charge in [-0.3, -0.25) is 0 Å². The van der Waals surface area contributed by atoms with E-state index in [4.69, 9.17) is 8.83 Å². The summed E-state index contributed by atoms with van der Waals surface area (Å²) in [5, 5.41) is 6.87. The zero-order valence-corrected chi connectivity index (χ0v) is 61.5. The molecule has 0 bridgehead atoms. The molecular formula is C106H74N2O2. The average Bonchev–Trinajstić information content (AvgIpc) is 1.59. The molecule has 21 rings (SSSR count). The minimum Gasteiger partial charge on any atom is -0.455 e. The fraction of sp³-hybridized carbons (Fsp3) is 0.0566. The number of para-hydroxylation sites is 3. The van der Waals surface area contributed by atoms with Crippen molar-refractivity contribution in [2.45, 2.75) is 38.5 Å². The van der Waals surface area contributed by atoms with Gasteiger partial charge in [0.1, 0.15) is 22.3 Å². The summed E-state index contributed by atoms with van der Waals surface area (Å²) in [4.78, 5) is 4.85. The largest absolute Gasteiger partial charge is 0.455 e. The van der Waals surface area contributed by atoms with E-state index in [0.29, 0.717) is 0 Å². The summed E-state index contributed by atoms with van der Waals surface area (Å²) in [7, 11) is 0. The van der Waals surface area contributed by atoms with Crippen LogP contribution in [0.25, 0.3) is 155 Å². The molecule has 0 unspecified atom stereocenters. The molecule has 0 fully saturated rings. The van der Waals surface area contributed by atoms with Gasteiger partial charge in [-0.15, -0.1) is 0 Å². The van der Waals surface area contributed by atoms with Crippen LogP contribution in [0.2, 0.25) is 0 Å². The molecule has 4 nitrogen and oxygen atoms in total. The predicted octanol–water partition coefficient (Wildman–Crippen LogP) is 29.9. The third-order valence-electron chi connectivity index (χ3n) is 23.7. The number of nitrogens with zero attached hydrogens (tertiary/aromatic N) is 2. The summed E-state index contributed by atoms with van der Waals surface area (Å²) >= 11 is 0. The molecule has 0 amide bonds. The van der Waals surface area contributed by atoms with Crippen LogP contribution in [0.3, 0.4) is 0 Å². The summed E-state index contributed by atoms with van der Waals surface area (Å²) < 4.78 is 13.5. The lowest BCUT2D eigenvalue weighted by atomic mass is 9.81. The van der Waals surface area contributed by atoms with E-state index in [0.717, 1.165) is 123 Å². The van der Waals surface area contributed by atoms with E-state index in [-0.39, 0.29) is 10.8 Å². The van der Waals surface area contributed by atoms with Crippen LogP contribution in [0.15, 0.2) is 385 Å². The van der Waals surface area contributed by atoms with E-state index in [9.17, 15) is 0 Å². The van der Waals surface area contributed by atoms with Crippen molar-refractivity contribution in [1.82, 2.24) is 0 Å². The molecule has 2 aromatic heterocycles. The Kier molecular flexibility index (Phi) is 14.9. The Hall–Kier alpha value is -13.8. The van der Waals surface area contributed by atoms with E-state index in [1.807, 2.05) is 6.07 Å². The van der Waals surface area contributed by atoms with Crippen LogP contribution < -0.4 is 9.80 Å². The maximum atomic E-state index is 6.96. The second-order valence-corrected chi connectivity index (χ2v) is 30.7. The Morgan fingerprint density at radius 3 is 1.08 bits per heavy atom. The summed E-state index contributed by atoms with van der Waals surface area (Å²) in [6.45, 7) is 9.52. The van der Waals surface area contributed by atoms with Gasteiger partial charge in [-0.2, -0.15) is 0 Å². The van der Waals surface area contributed by atoms with Gasteiger partial charge in [-0.25, -0.2) is 0 Å². The molecule has 19 aromatic rings. The highest BCUT2D eigenvalue weighted by Gasteiger charge is 2.39. The average molecular weight is 1410 g/mol. The van der Waals surface area contributed by atoms with Gasteiger partial charge in [0.2, 0.25) is 0 Å². The van der Waals surface area contributed by atoms with Crippen LogP contribution >= 0.6 is 0 Å². The Labute approximate surface area is 640 Å². The lowest BCUT2D eigenvalue weighted by Gasteiger charge is -2.29. The molecule has 17 aromatic carbocycles. The van der Waals surface area contributed by atoms with Gasteiger partial charge in [0, 0.05) is 77.3 Å². The molecule has 0 saturated carbocycles. The van der Waals surface area contributed by atoms with E-state index in [1.165, 1.54) is 88.7 Å². The first-order valence-electron chi connectivity index (χ1n) is 38.2. The van der Waals surface area contributed by atoms with Crippen molar-refractivity contribution >= 4 is 88.8 Å². The molecule has 0 N–H and O–H groups in total. The lowest BCUT2D eigenvalue weighted by Crippen LogP contribution is -2.17. The van der Waals surface area contributed by atoms with E-state index in [1.54, 1.807) is 0 Å². The number of anilines is 6. The Bertz CT molecular complexity index is 6860. The monoisotopic (exact) mass is 1410 g/mol. The minimum absolute atomic E-state index is 0.281. The lowest BCUT2D eigenvalue weighted by molar-refractivity contribution is 0.660. The fourth-order valence-electron chi connectivity index (χ4n) is 17.9. The van der Waals surface area contributed by atoms with Gasteiger partial charge < -0.3 is 18.6 Å². The van der Waals surface area contributed by atoms with Crippen molar-refractivity contribution in [1.29, 1.82) is 0 Å². The molecule has 0 atom stereocenters. The minimum atomic E-state index is -0.308. The fourth-order valence-corrected chi connectivity index (χ4v) is 17.9. The smallest absolute Gasteiger partial charge is 0.143 e. The van der Waals surface area contributed by atoms with Gasteiger partial charge in [0.25, 0.3) is 0 Å². The Morgan fingerprint density at radius 1 is 0.200 bits per heavy atom. The molecule has 4 heteroatoms. The first kappa shape index (κ1) is 64.6. The highest BCUT2D eigenvalue weighted by Crippen LogP contribution is 2.55. The van der Waals surface area contributed by atoms with Crippen LogP contribution in [0.1, 0.15) is 49.9 Å². The second-order valence-electron chi connectivity index (χ2n) is 30.7. The highest BCUT2D eigenvalue weighted by molar-refractivity contribution is 6.12. The number of rotatable bonds is 13. The van der Waals surface area contributed by atoms with Gasteiger partial charge in [0.05, 0.1) is 5.69 Å². The van der Waals surface area contributed by atoms with Gasteiger partial charge in [-0.05, 0) is 220 Å². The zero-order valence-electron chi connectivity index (χ0n) is 61.5. The highest BCUT2D eigenvalue weighted by atomic mass is 16.3. The van der Waals surface area contributed by atoms with Gasteiger partial charge >= 0.3 is 0 Å². The molecule has 0 saturated heterocycles. The van der Waals surface area contributed by atoms with Gasteiger partial charge in [-0.1, -0.05) is 301 Å². The maximum Gasteiger partial charge on any atom is 0.143 e. The molecule has 2 aliphatic carbocycles. The second kappa shape index (κ2) is 25.4. The predicted molar refractivity (Wildman–Crippen MR) is 461 cm³/mol. The van der Waals surface area contributed by atoms with Crippen molar-refractivity contribution in [3.8, 4) is 100 Å². The van der Waals surface area contributed by atoms with Crippen LogP contribution in [0, 0.1) is 0 Å². The first-order chi connectivity index (χ1) is 54.0. The molecule has 0 aliphatic heterocycles. The SMILES string of the molecule is CC1(C)c2cc(-c3cccc4c3oc3ccccc34)ccc2-c2ccc(N(c3ccc(-c4ccccc4)cc3)c3ccc(-c4cccc(-c5ccc6oc7c(-c8ccc9c(c8)C(C)(C)c8cc(N(c%10ccc(-c%11ccc(-c%12ccccc%12)cc%11)cc%10)c%10cccc%11ccccc%10%11)ccc8-9)cccc7c6c5)c4)cc3)cc21. The summed E-state index contributed by atoms with van der Waals surface area (Å²) in [5.74, 6) is 0. The first-order valence-corrected chi connectivity index (χ1v) is 38.2. The third kappa shape index (κ3) is 10.6. The molecule has 0 spiro atoms. The summed E-state index contributed by atoms with van der Waals surface area (Å²) in [6, 6.07) is 138. The number of furan rings is 2. The van der Waals surface area contributed by atoms with Gasteiger partial charge in [0.15, 0.2) is 0 Å². The van der Waals surface area contributed by atoms with E-state index in [2.05, 4.69) is 408 Å². The molecule has 520 valence electrons. The molecule has 2 aliphatic rings. The van der Waals surface area contributed by atoms with Crippen molar-refractivity contribution < 1.29 is 8.83 Å². The zero-order chi connectivity index (χ0) is 73.3. The van der Waals surface area contributed by atoms with Crippen molar-refractivity contribution in [2.75, 3.05) is 9.80 Å². The standard InChI is InChI=1S/C106H74N2O2/c1-105(2)96-63-78(86-29-17-31-93-92-28-13-14-34-101(92)109-103(86)93)45-56-88(96)90-58-54-83(65-98(90)105)107(80-48-39-71(40-49-80)68-21-9-6-10-22-68)81-50-43-73(44-51-81)75-25-15-26-76(61-75)77-47-60-102-95(62-77)94-32-18-30-87(104(94)110-102)79-46-57-89-91-59-55-84(66-99(91)106(3,4)97(89)64-79)108(100-33-16-24-74-23-11-12-27-85(74)100)82-52-41-72(42-53-82)70-37-35-69(36-38-70)67-19-7-5-8-20-67/h5-66H,1-4H3. The van der Waals surface area contributed by atoms with Crippen molar-refractivity contribution in [2.24, 2.45) is 0 Å². The quantitative estimate of drug-likeness (QED) is 0.115. The van der Waals surface area contributed by atoms with Crippen LogP contribution in [0.4, 0.5) is 34.1 Å². The summed E-state index contributed by atoms with van der Waals surface area (Å²) in [5.41, 5.74) is 36.1. The Morgan fingerprint density at radius 2 is 0.536 bits per heavy atom. The maximum absolute atomic E-state index is 6.96. The van der Waals surface area contributed by atoms with Crippen LogP contribution in [-0.2, 0) is 10.8 Å². The van der Waals surface area contributed by atoms with Crippen molar-refractivity contribution in [3.05, 3.63) is 398 Å². The van der Waals surface area contributed by atoms with E-state index >= 15 is 0 Å². The van der Waals surface area contributed by atoms with Crippen LogP contribution in [0.5, 0.6) is 0 Å². The number of hydrogen-bond donors (Lipinski definition) is 0. The number of hydrogen-bond acceptors (Lipinski definition) is 4. The number of benzene rings is 17. The molecule has 110 heavy (non-hydrogen) atoms. The van der Waals surface area contributed by atoms with Crippen molar-refractivity contribution in [3.63, 3.8) is 0 Å². The van der Waals surface area contributed by atoms with E-state index < -0.39 is 0 Å². The normalized spacial score (nSPS) is 13.1. The molecule has 2 heterocycles. The Balaban J connectivity index is 0.572. The molecule has 0 radical (unpaired) electrons. The topological polar surface area (TPSA) is 32.8 Å². The number of fused-ring (bicyclic) bond motifs is 13.